The average Bonchev–Trinajstić information content (AvgIpc) is 2.87. The highest BCUT2D eigenvalue weighted by Gasteiger charge is 2.26. The quantitative estimate of drug-likeness (QED) is 0.322. The second-order valence-corrected chi connectivity index (χ2v) is 7.20. The van der Waals surface area contributed by atoms with Crippen LogP contribution < -0.4 is 10.6 Å². The summed E-state index contributed by atoms with van der Waals surface area (Å²) in [5.74, 6) is -2.37. The number of ether oxygens (including phenoxy) is 1. The van der Waals surface area contributed by atoms with Crippen LogP contribution in [0, 0.1) is 0 Å². The Balaban J connectivity index is 2.26. The van der Waals surface area contributed by atoms with Gasteiger partial charge in [-0.3, -0.25) is 9.98 Å². The van der Waals surface area contributed by atoms with Crippen LogP contribution in [0.3, 0.4) is 0 Å². The summed E-state index contributed by atoms with van der Waals surface area (Å²) in [5, 5.41) is 10.8. The Labute approximate surface area is 175 Å². The molecule has 148 valence electrons. The van der Waals surface area contributed by atoms with Crippen LogP contribution in [0.5, 0.6) is 0 Å². The molecule has 0 amide bonds. The van der Waals surface area contributed by atoms with E-state index in [1.807, 2.05) is 19.1 Å². The first-order chi connectivity index (χ1) is 13.9. The molecule has 1 aromatic carbocycles. The number of carbonyl (C=O) groups is 2. The van der Waals surface area contributed by atoms with Crippen molar-refractivity contribution in [3.8, 4) is 0 Å². The number of fused-ring (bicyclic) bond motifs is 1. The number of hydrogen-bond donors (Lipinski definition) is 1. The zero-order chi connectivity index (χ0) is 21.0. The monoisotopic (exact) mass is 455 g/mol. The first-order valence-electron chi connectivity index (χ1n) is 8.93. The number of nitrogens with zero attached hydrogens (tertiary/aromatic N) is 3. The van der Waals surface area contributed by atoms with Crippen LogP contribution in [-0.2, 0) is 14.3 Å². The molecule has 1 aliphatic rings. The van der Waals surface area contributed by atoms with Gasteiger partial charge in [-0.1, -0.05) is 28.9 Å². The minimum Gasteiger partial charge on any atom is -0.477 e. The highest BCUT2D eigenvalue weighted by Crippen LogP contribution is 2.15. The number of hydrogen-bond acceptors (Lipinski definition) is 6. The zero-order valence-electron chi connectivity index (χ0n) is 15.8. The summed E-state index contributed by atoms with van der Waals surface area (Å²) < 4.78 is 6.01. The largest absolute Gasteiger partial charge is 0.477 e. The third-order valence-electron chi connectivity index (χ3n) is 4.24. The zero-order valence-corrected chi connectivity index (χ0v) is 17.4. The molecule has 0 saturated heterocycles. The predicted molar refractivity (Wildman–Crippen MR) is 111 cm³/mol. The van der Waals surface area contributed by atoms with Gasteiger partial charge in [0.2, 0.25) is 0 Å². The lowest BCUT2D eigenvalue weighted by Gasteiger charge is -2.11. The number of rotatable bonds is 5. The van der Waals surface area contributed by atoms with E-state index in [0.717, 1.165) is 4.47 Å². The molecular formula is C21H18BrN3O4. The Kier molecular flexibility index (Phi) is 6.33. The lowest BCUT2D eigenvalue weighted by molar-refractivity contribution is -0.147. The smallest absolute Gasteiger partial charge is 0.348 e. The van der Waals surface area contributed by atoms with Crippen LogP contribution in [0.15, 0.2) is 68.3 Å². The molecule has 0 bridgehead atoms. The van der Waals surface area contributed by atoms with E-state index in [0.29, 0.717) is 28.4 Å². The molecule has 0 saturated carbocycles. The molecule has 0 spiro atoms. The summed E-state index contributed by atoms with van der Waals surface area (Å²) in [7, 11) is 0. The predicted octanol–water partition coefficient (Wildman–Crippen LogP) is 2.39. The van der Waals surface area contributed by atoms with Gasteiger partial charge in [-0.05, 0) is 43.7 Å². The maximum atomic E-state index is 12.5. The molecule has 0 fully saturated rings. The second-order valence-electron chi connectivity index (χ2n) is 6.28. The van der Waals surface area contributed by atoms with E-state index in [1.165, 1.54) is 6.21 Å². The van der Waals surface area contributed by atoms with Crippen molar-refractivity contribution in [3.05, 3.63) is 74.6 Å². The van der Waals surface area contributed by atoms with Crippen molar-refractivity contribution in [2.24, 2.45) is 9.98 Å². The van der Waals surface area contributed by atoms with E-state index in [1.54, 1.807) is 37.4 Å². The number of esters is 1. The summed E-state index contributed by atoms with van der Waals surface area (Å²) in [6.07, 6.45) is 3.05. The Morgan fingerprint density at radius 3 is 2.69 bits per heavy atom. The number of allylic oxidation sites excluding steroid dienone is 1. The highest BCUT2D eigenvalue weighted by molar-refractivity contribution is 9.10. The van der Waals surface area contributed by atoms with Crippen molar-refractivity contribution in [3.63, 3.8) is 0 Å². The molecule has 1 aromatic heterocycles. The fraction of sp³-hybridized carbons (Fsp3) is 0.190. The number of pyridine rings is 1. The number of aromatic nitrogens is 1. The van der Waals surface area contributed by atoms with E-state index in [-0.39, 0.29) is 5.70 Å². The lowest BCUT2D eigenvalue weighted by atomic mass is 10.2. The summed E-state index contributed by atoms with van der Waals surface area (Å²) in [6, 6.07) is 10.7. The van der Waals surface area contributed by atoms with Gasteiger partial charge in [0, 0.05) is 15.9 Å². The fourth-order valence-corrected chi connectivity index (χ4v) is 2.96. The number of aliphatic imine (C=N–C) groups is 1. The van der Waals surface area contributed by atoms with Crippen molar-refractivity contribution >= 4 is 39.8 Å². The van der Waals surface area contributed by atoms with Gasteiger partial charge >= 0.3 is 11.9 Å². The van der Waals surface area contributed by atoms with Crippen LogP contribution in [-0.4, -0.2) is 34.3 Å². The van der Waals surface area contributed by atoms with Crippen molar-refractivity contribution < 1.29 is 19.4 Å². The standard InChI is InChI=1S/C21H18BrN3O4/c1-3-12(2)29-21(28)18(20(26)27)17-11-24-19(16-6-4-5-9-23-16)14-10-13(22)7-8-15(14)25-17/h4-12H,3H2,1-2H3,(H,26,27). The van der Waals surface area contributed by atoms with Crippen LogP contribution in [0.25, 0.3) is 5.70 Å². The van der Waals surface area contributed by atoms with Gasteiger partial charge in [0.25, 0.3) is 0 Å². The Morgan fingerprint density at radius 2 is 2.03 bits per heavy atom. The molecule has 2 heterocycles. The average molecular weight is 456 g/mol. The van der Waals surface area contributed by atoms with Gasteiger partial charge in [-0.25, -0.2) is 14.6 Å². The molecule has 0 aliphatic carbocycles. The van der Waals surface area contributed by atoms with Crippen LogP contribution >= 0.6 is 15.9 Å². The molecule has 1 N–H and O–H groups in total. The fourth-order valence-electron chi connectivity index (χ4n) is 2.60. The van der Waals surface area contributed by atoms with E-state index in [4.69, 9.17) is 4.74 Å². The molecule has 1 unspecified atom stereocenters. The van der Waals surface area contributed by atoms with E-state index in [9.17, 15) is 14.7 Å². The number of aliphatic carboxylic acids is 1. The number of halogens is 1. The molecule has 1 atom stereocenters. The number of benzene rings is 1. The number of carboxylic acid groups (broad SMARTS) is 1. The number of carbonyl (C=O) groups excluding carboxylic acids is 1. The summed E-state index contributed by atoms with van der Waals surface area (Å²) in [5.41, 5.74) is 0.463. The van der Waals surface area contributed by atoms with Crippen LogP contribution in [0.2, 0.25) is 0 Å². The molecule has 29 heavy (non-hydrogen) atoms. The maximum absolute atomic E-state index is 12.5. The molecule has 2 aromatic rings. The van der Waals surface area contributed by atoms with Crippen molar-refractivity contribution in [2.45, 2.75) is 26.4 Å². The highest BCUT2D eigenvalue weighted by atomic mass is 79.9. The summed E-state index contributed by atoms with van der Waals surface area (Å²) in [6.45, 7) is 3.53. The molecule has 1 aliphatic heterocycles. The number of carboxylic acids is 1. The van der Waals surface area contributed by atoms with E-state index < -0.39 is 23.6 Å². The second kappa shape index (κ2) is 8.91. The first kappa shape index (κ1) is 20.6. The van der Waals surface area contributed by atoms with Crippen molar-refractivity contribution in [2.75, 3.05) is 0 Å². The minimum atomic E-state index is -1.43. The summed E-state index contributed by atoms with van der Waals surface area (Å²) >= 11 is 3.43. The van der Waals surface area contributed by atoms with Crippen molar-refractivity contribution in [1.82, 2.24) is 4.98 Å². The molecule has 0 radical (unpaired) electrons. The van der Waals surface area contributed by atoms with E-state index >= 15 is 0 Å². The molecule has 7 nitrogen and oxygen atoms in total. The third-order valence-corrected chi connectivity index (χ3v) is 4.73. The van der Waals surface area contributed by atoms with Gasteiger partial charge < -0.3 is 9.84 Å². The Hall–Kier alpha value is -3.13. The molecule has 8 heteroatoms. The molecular weight excluding hydrogens is 438 g/mol. The first-order valence-corrected chi connectivity index (χ1v) is 9.72. The van der Waals surface area contributed by atoms with Gasteiger partial charge in [0.05, 0.1) is 29.1 Å². The lowest BCUT2D eigenvalue weighted by Crippen LogP contribution is -2.27. The maximum Gasteiger partial charge on any atom is 0.348 e. The molecule has 3 rings (SSSR count). The normalized spacial score (nSPS) is 15.6. The van der Waals surface area contributed by atoms with Crippen LogP contribution in [0.4, 0.5) is 0 Å². The Bertz CT molecular complexity index is 1140. The van der Waals surface area contributed by atoms with Gasteiger partial charge in [0.1, 0.15) is 5.70 Å². The van der Waals surface area contributed by atoms with Gasteiger partial charge in [-0.2, -0.15) is 0 Å². The van der Waals surface area contributed by atoms with Gasteiger partial charge in [-0.15, -0.1) is 0 Å². The van der Waals surface area contributed by atoms with Crippen LogP contribution in [0.1, 0.15) is 26.0 Å². The third kappa shape index (κ3) is 4.65. The SMILES string of the molecule is CCC(C)OC(=O)C(C(=O)O)=C1C=NC(c2ccccn2)=c2cc(Br)ccc2=N1. The Morgan fingerprint density at radius 1 is 1.24 bits per heavy atom. The minimum absolute atomic E-state index is 0.0830. The van der Waals surface area contributed by atoms with Crippen molar-refractivity contribution in [1.29, 1.82) is 0 Å². The van der Waals surface area contributed by atoms with Gasteiger partial charge in [0.15, 0.2) is 5.57 Å². The summed E-state index contributed by atoms with van der Waals surface area (Å²) in [4.78, 5) is 37.5. The topological polar surface area (TPSA) is 101 Å². The van der Waals surface area contributed by atoms with E-state index in [2.05, 4.69) is 30.9 Å².